The van der Waals surface area contributed by atoms with Crippen molar-refractivity contribution >= 4 is 23.2 Å². The molecule has 0 N–H and O–H groups in total. The number of rotatable bonds is 1. The van der Waals surface area contributed by atoms with Crippen molar-refractivity contribution in [1.82, 2.24) is 0 Å². The van der Waals surface area contributed by atoms with Gasteiger partial charge in [-0.05, 0) is 24.6 Å². The number of benzene rings is 1. The molecule has 0 aliphatic heterocycles. The third-order valence-corrected chi connectivity index (χ3v) is 3.49. The highest BCUT2D eigenvalue weighted by Gasteiger charge is 2.43. The van der Waals surface area contributed by atoms with Gasteiger partial charge in [-0.25, -0.2) is 0 Å². The molecular weight excluding hydrogens is 248 g/mol. The van der Waals surface area contributed by atoms with Crippen LogP contribution in [0.5, 0.6) is 0 Å². The monoisotopic (exact) mass is 260 g/mol. The Kier molecular flexibility index (Phi) is 3.54. The first-order valence-corrected chi connectivity index (χ1v) is 6.21. The summed E-state index contributed by atoms with van der Waals surface area (Å²) in [5.41, 5.74) is -0.0553. The second-order valence-electron chi connectivity index (χ2n) is 4.58. The van der Waals surface area contributed by atoms with E-state index in [0.717, 1.165) is 5.56 Å². The summed E-state index contributed by atoms with van der Waals surface area (Å²) in [6.07, 6.45) is 1.17. The molecule has 0 spiro atoms. The first kappa shape index (κ1) is 12.9. The molecule has 0 heterocycles. The number of hydrogen-bond acceptors (Lipinski definition) is 2. The van der Waals surface area contributed by atoms with Crippen molar-refractivity contribution in [3.05, 3.63) is 34.9 Å². The van der Waals surface area contributed by atoms with E-state index in [1.54, 1.807) is 19.1 Å². The van der Waals surface area contributed by atoms with Gasteiger partial charge in [-0.1, -0.05) is 35.6 Å². The van der Waals surface area contributed by atoms with Gasteiger partial charge in [0.05, 0.1) is 0 Å². The Hall–Kier alpha value is -1.59. The fourth-order valence-electron chi connectivity index (χ4n) is 1.95. The molecule has 2 rings (SSSR count). The number of ketones is 2. The largest absolute Gasteiger partial charge is 0.297 e. The third-order valence-electron chi connectivity index (χ3n) is 3.24. The molecular formula is C15H13ClO2. The van der Waals surface area contributed by atoms with Gasteiger partial charge in [0.1, 0.15) is 5.41 Å². The number of halogens is 1. The third kappa shape index (κ3) is 2.47. The van der Waals surface area contributed by atoms with Crippen molar-refractivity contribution in [2.45, 2.75) is 26.2 Å². The van der Waals surface area contributed by atoms with Gasteiger partial charge < -0.3 is 0 Å². The molecule has 1 aromatic carbocycles. The van der Waals surface area contributed by atoms with E-state index in [2.05, 4.69) is 11.8 Å². The number of Topliss-reactive ketones (excluding diaryl/α,β-unsaturated/α-hetero) is 2. The molecule has 1 saturated carbocycles. The highest BCUT2D eigenvalue weighted by atomic mass is 35.5. The molecule has 0 saturated heterocycles. The zero-order valence-electron chi connectivity index (χ0n) is 10.1. The lowest BCUT2D eigenvalue weighted by Gasteiger charge is -2.10. The summed E-state index contributed by atoms with van der Waals surface area (Å²) < 4.78 is 0. The highest BCUT2D eigenvalue weighted by molar-refractivity contribution is 6.30. The molecule has 0 aromatic heterocycles. The van der Waals surface area contributed by atoms with E-state index in [0.29, 0.717) is 24.3 Å². The standard InChI is InChI=1S/C15H13ClO2/c1-15(13(17)8-9-14(15)18)10-2-3-11-4-6-12(16)7-5-11/h4-7H,3,8-9H2,1H3. The maximum absolute atomic E-state index is 11.7. The van der Waals surface area contributed by atoms with Gasteiger partial charge in [0.15, 0.2) is 11.6 Å². The highest BCUT2D eigenvalue weighted by Crippen LogP contribution is 2.30. The molecule has 1 aliphatic carbocycles. The average Bonchev–Trinajstić information content (AvgIpc) is 2.60. The summed E-state index contributed by atoms with van der Waals surface area (Å²) in [4.78, 5) is 23.3. The summed E-state index contributed by atoms with van der Waals surface area (Å²) in [6.45, 7) is 1.62. The number of hydrogen-bond donors (Lipinski definition) is 0. The summed E-state index contributed by atoms with van der Waals surface area (Å²) in [7, 11) is 0. The van der Waals surface area contributed by atoms with Crippen molar-refractivity contribution < 1.29 is 9.59 Å². The smallest absolute Gasteiger partial charge is 0.158 e. The molecule has 92 valence electrons. The lowest BCUT2D eigenvalue weighted by molar-refractivity contribution is -0.130. The Morgan fingerprint density at radius 2 is 1.72 bits per heavy atom. The minimum atomic E-state index is -1.08. The van der Waals surface area contributed by atoms with Crippen LogP contribution in [0.4, 0.5) is 0 Å². The van der Waals surface area contributed by atoms with Gasteiger partial charge in [0.25, 0.3) is 0 Å². The van der Waals surface area contributed by atoms with Crippen LogP contribution in [-0.2, 0) is 16.0 Å². The van der Waals surface area contributed by atoms with Crippen LogP contribution in [-0.4, -0.2) is 11.6 Å². The van der Waals surface area contributed by atoms with Crippen LogP contribution in [0.25, 0.3) is 0 Å². The molecule has 2 nitrogen and oxygen atoms in total. The maximum atomic E-state index is 11.7. The summed E-state index contributed by atoms with van der Waals surface area (Å²) in [5, 5.41) is 0.680. The molecule has 1 aromatic rings. The predicted octanol–water partition coefficient (Wildman–Crippen LogP) is 2.82. The Balaban J connectivity index is 2.11. The zero-order chi connectivity index (χ0) is 13.2. The Labute approximate surface area is 111 Å². The van der Waals surface area contributed by atoms with Crippen molar-refractivity contribution in [2.24, 2.45) is 5.41 Å². The van der Waals surface area contributed by atoms with E-state index < -0.39 is 5.41 Å². The van der Waals surface area contributed by atoms with E-state index >= 15 is 0 Å². The van der Waals surface area contributed by atoms with Crippen LogP contribution in [0.3, 0.4) is 0 Å². The van der Waals surface area contributed by atoms with Gasteiger partial charge in [0.2, 0.25) is 0 Å². The molecule has 18 heavy (non-hydrogen) atoms. The normalized spacial score (nSPS) is 17.4. The molecule has 1 aliphatic rings. The molecule has 3 heteroatoms. The van der Waals surface area contributed by atoms with Crippen LogP contribution >= 0.6 is 11.6 Å². The molecule has 0 bridgehead atoms. The quantitative estimate of drug-likeness (QED) is 0.575. The van der Waals surface area contributed by atoms with Crippen molar-refractivity contribution in [2.75, 3.05) is 0 Å². The lowest BCUT2D eigenvalue weighted by Crippen LogP contribution is -2.27. The molecule has 1 fully saturated rings. The molecule has 0 amide bonds. The Morgan fingerprint density at radius 3 is 2.28 bits per heavy atom. The van der Waals surface area contributed by atoms with Gasteiger partial charge in [0, 0.05) is 24.3 Å². The second kappa shape index (κ2) is 4.96. The van der Waals surface area contributed by atoms with E-state index in [1.807, 2.05) is 12.1 Å². The van der Waals surface area contributed by atoms with Crippen molar-refractivity contribution in [3.8, 4) is 11.8 Å². The zero-order valence-corrected chi connectivity index (χ0v) is 10.9. The second-order valence-corrected chi connectivity index (χ2v) is 5.01. The molecule has 0 atom stereocenters. The lowest BCUT2D eigenvalue weighted by atomic mass is 9.87. The van der Waals surface area contributed by atoms with Crippen molar-refractivity contribution in [3.63, 3.8) is 0 Å². The topological polar surface area (TPSA) is 34.1 Å². The molecule has 0 radical (unpaired) electrons. The maximum Gasteiger partial charge on any atom is 0.158 e. The number of carbonyl (C=O) groups excluding carboxylic acids is 2. The van der Waals surface area contributed by atoms with Crippen LogP contribution in [0.15, 0.2) is 24.3 Å². The number of carbonyl (C=O) groups is 2. The van der Waals surface area contributed by atoms with Crippen LogP contribution in [0.2, 0.25) is 5.02 Å². The Morgan fingerprint density at radius 1 is 1.17 bits per heavy atom. The predicted molar refractivity (Wildman–Crippen MR) is 70.3 cm³/mol. The molecule has 0 unspecified atom stereocenters. The minimum Gasteiger partial charge on any atom is -0.297 e. The first-order valence-electron chi connectivity index (χ1n) is 5.83. The Bertz CT molecular complexity index is 530. The van der Waals surface area contributed by atoms with E-state index in [1.165, 1.54) is 0 Å². The minimum absolute atomic E-state index is 0.0592. The van der Waals surface area contributed by atoms with Gasteiger partial charge in [-0.3, -0.25) is 9.59 Å². The summed E-state index contributed by atoms with van der Waals surface area (Å²) >= 11 is 5.78. The fourth-order valence-corrected chi connectivity index (χ4v) is 2.07. The van der Waals surface area contributed by atoms with Crippen LogP contribution < -0.4 is 0 Å². The van der Waals surface area contributed by atoms with E-state index in [9.17, 15) is 9.59 Å². The summed E-state index contributed by atoms with van der Waals surface area (Å²) in [5.74, 6) is 5.65. The van der Waals surface area contributed by atoms with Crippen LogP contribution in [0, 0.1) is 17.3 Å². The van der Waals surface area contributed by atoms with Gasteiger partial charge in [-0.2, -0.15) is 0 Å². The summed E-state index contributed by atoms with van der Waals surface area (Å²) in [6, 6.07) is 7.37. The fraction of sp³-hybridized carbons (Fsp3) is 0.333. The van der Waals surface area contributed by atoms with Gasteiger partial charge >= 0.3 is 0 Å². The van der Waals surface area contributed by atoms with Crippen LogP contribution in [0.1, 0.15) is 25.3 Å². The van der Waals surface area contributed by atoms with E-state index in [4.69, 9.17) is 11.6 Å². The van der Waals surface area contributed by atoms with Crippen molar-refractivity contribution in [1.29, 1.82) is 0 Å². The van der Waals surface area contributed by atoms with Gasteiger partial charge in [-0.15, -0.1) is 0 Å². The van der Waals surface area contributed by atoms with E-state index in [-0.39, 0.29) is 11.6 Å². The average molecular weight is 261 g/mol. The first-order chi connectivity index (χ1) is 8.52. The SMILES string of the molecule is CC1(C#CCc2ccc(Cl)cc2)C(=O)CCC1=O.